The minimum absolute atomic E-state index is 0.00868. The van der Waals surface area contributed by atoms with E-state index in [1.54, 1.807) is 6.07 Å². The van der Waals surface area contributed by atoms with Crippen molar-refractivity contribution in [3.05, 3.63) is 40.3 Å². The first-order chi connectivity index (χ1) is 8.04. The first-order valence-corrected chi connectivity index (χ1v) is 5.32. The smallest absolute Gasteiger partial charge is 0.223 e. The van der Waals surface area contributed by atoms with Crippen molar-refractivity contribution in [2.45, 2.75) is 0 Å². The second kappa shape index (κ2) is 4.73. The molecule has 0 aliphatic carbocycles. The number of hydrogen-bond acceptors (Lipinski definition) is 4. The van der Waals surface area contributed by atoms with Crippen molar-refractivity contribution in [1.82, 2.24) is 9.97 Å². The molecule has 0 spiro atoms. The van der Waals surface area contributed by atoms with Crippen LogP contribution in [0.5, 0.6) is 0 Å². The summed E-state index contributed by atoms with van der Waals surface area (Å²) in [5, 5.41) is 3.22. The lowest BCUT2D eigenvalue weighted by Crippen LogP contribution is -2.01. The van der Waals surface area contributed by atoms with Gasteiger partial charge in [-0.05, 0) is 18.2 Å². The fourth-order valence-corrected chi connectivity index (χ4v) is 1.58. The Kier molecular flexibility index (Phi) is 3.31. The van der Waals surface area contributed by atoms with E-state index in [2.05, 4.69) is 15.3 Å². The Morgan fingerprint density at radius 2 is 1.94 bits per heavy atom. The number of nitrogen functional groups attached to an aromatic ring is 1. The number of aromatic nitrogens is 2. The molecule has 0 aliphatic rings. The summed E-state index contributed by atoms with van der Waals surface area (Å²) in [5.41, 5.74) is 5.64. The topological polar surface area (TPSA) is 63.8 Å². The maximum absolute atomic E-state index is 13.5. The Morgan fingerprint density at radius 3 is 2.59 bits per heavy atom. The normalized spacial score (nSPS) is 10.3. The maximum Gasteiger partial charge on any atom is 0.223 e. The molecule has 4 nitrogen and oxygen atoms in total. The van der Waals surface area contributed by atoms with Crippen molar-refractivity contribution in [1.29, 1.82) is 0 Å². The highest BCUT2D eigenvalue weighted by atomic mass is 35.5. The molecule has 3 N–H and O–H groups in total. The van der Waals surface area contributed by atoms with Crippen molar-refractivity contribution < 1.29 is 4.39 Å². The summed E-state index contributed by atoms with van der Waals surface area (Å²) in [4.78, 5) is 7.55. The van der Waals surface area contributed by atoms with E-state index < -0.39 is 5.82 Å². The molecule has 0 amide bonds. The maximum atomic E-state index is 13.5. The van der Waals surface area contributed by atoms with Crippen LogP contribution in [-0.4, -0.2) is 9.97 Å². The van der Waals surface area contributed by atoms with E-state index in [1.165, 1.54) is 18.2 Å². The molecule has 1 heterocycles. The lowest BCUT2D eigenvalue weighted by Gasteiger charge is -2.07. The van der Waals surface area contributed by atoms with Gasteiger partial charge in [0.25, 0.3) is 0 Å². The van der Waals surface area contributed by atoms with Gasteiger partial charge in [0.05, 0.1) is 5.69 Å². The minimum atomic E-state index is -0.495. The van der Waals surface area contributed by atoms with Crippen molar-refractivity contribution in [3.63, 3.8) is 0 Å². The zero-order valence-corrected chi connectivity index (χ0v) is 9.93. The van der Waals surface area contributed by atoms with Gasteiger partial charge in [-0.3, -0.25) is 0 Å². The van der Waals surface area contributed by atoms with Gasteiger partial charge in [-0.1, -0.05) is 23.2 Å². The monoisotopic (exact) mass is 272 g/mol. The molecule has 0 radical (unpaired) electrons. The Bertz CT molecular complexity index is 542. The molecule has 0 unspecified atom stereocenters. The second-order valence-electron chi connectivity index (χ2n) is 3.18. The quantitative estimate of drug-likeness (QED) is 0.824. The molecule has 0 fully saturated rings. The number of nitrogens with two attached hydrogens (primary N) is 1. The summed E-state index contributed by atoms with van der Waals surface area (Å²) in [6.07, 6.45) is 0. The van der Waals surface area contributed by atoms with Crippen LogP contribution in [-0.2, 0) is 0 Å². The summed E-state index contributed by atoms with van der Waals surface area (Å²) < 4.78 is 13.5. The fourth-order valence-electron chi connectivity index (χ4n) is 1.23. The SMILES string of the molecule is Nc1nc(Cl)cc(Nc2ccc(Cl)cc2F)n1. The van der Waals surface area contributed by atoms with Crippen molar-refractivity contribution in [2.75, 3.05) is 11.1 Å². The molecule has 2 rings (SSSR count). The van der Waals surface area contributed by atoms with Gasteiger partial charge in [0.1, 0.15) is 16.8 Å². The first kappa shape index (κ1) is 11.9. The van der Waals surface area contributed by atoms with Crippen LogP contribution in [0.15, 0.2) is 24.3 Å². The Morgan fingerprint density at radius 1 is 1.18 bits per heavy atom. The number of rotatable bonds is 2. The van der Waals surface area contributed by atoms with E-state index in [4.69, 9.17) is 28.9 Å². The van der Waals surface area contributed by atoms with Crippen LogP contribution in [0.1, 0.15) is 0 Å². The molecule has 2 aromatic rings. The lowest BCUT2D eigenvalue weighted by molar-refractivity contribution is 0.632. The van der Waals surface area contributed by atoms with Crippen LogP contribution >= 0.6 is 23.2 Å². The molecule has 0 aliphatic heterocycles. The summed E-state index contributed by atoms with van der Waals surface area (Å²) >= 11 is 11.3. The van der Waals surface area contributed by atoms with Gasteiger partial charge in [-0.15, -0.1) is 0 Å². The molecule has 0 bridgehead atoms. The molecule has 1 aromatic heterocycles. The van der Waals surface area contributed by atoms with Gasteiger partial charge in [-0.25, -0.2) is 9.37 Å². The van der Waals surface area contributed by atoms with Crippen molar-refractivity contribution in [2.24, 2.45) is 0 Å². The first-order valence-electron chi connectivity index (χ1n) is 4.57. The van der Waals surface area contributed by atoms with Crippen LogP contribution in [0.25, 0.3) is 0 Å². The summed E-state index contributed by atoms with van der Waals surface area (Å²) in [6, 6.07) is 5.67. The van der Waals surface area contributed by atoms with E-state index >= 15 is 0 Å². The minimum Gasteiger partial charge on any atom is -0.368 e. The molecular formula is C10H7Cl2FN4. The van der Waals surface area contributed by atoms with Crippen LogP contribution in [0.2, 0.25) is 10.2 Å². The number of nitrogens with one attached hydrogen (secondary N) is 1. The van der Waals surface area contributed by atoms with Gasteiger partial charge >= 0.3 is 0 Å². The van der Waals surface area contributed by atoms with Crippen LogP contribution in [0.3, 0.4) is 0 Å². The third kappa shape index (κ3) is 2.95. The van der Waals surface area contributed by atoms with E-state index in [-0.39, 0.29) is 16.8 Å². The highest BCUT2D eigenvalue weighted by molar-refractivity contribution is 6.30. The summed E-state index contributed by atoms with van der Waals surface area (Å²) in [6.45, 7) is 0. The lowest BCUT2D eigenvalue weighted by atomic mass is 10.3. The third-order valence-electron chi connectivity index (χ3n) is 1.91. The van der Waals surface area contributed by atoms with Gasteiger partial charge in [0, 0.05) is 11.1 Å². The highest BCUT2D eigenvalue weighted by Crippen LogP contribution is 2.23. The highest BCUT2D eigenvalue weighted by Gasteiger charge is 2.05. The molecule has 0 atom stereocenters. The molecule has 88 valence electrons. The van der Waals surface area contributed by atoms with Crippen LogP contribution in [0, 0.1) is 5.82 Å². The average molecular weight is 273 g/mol. The molecule has 17 heavy (non-hydrogen) atoms. The number of anilines is 3. The third-order valence-corrected chi connectivity index (χ3v) is 2.33. The Labute approximate surface area is 107 Å². The fraction of sp³-hybridized carbons (Fsp3) is 0. The predicted octanol–water partition coefficient (Wildman–Crippen LogP) is 3.25. The molecule has 0 saturated heterocycles. The van der Waals surface area contributed by atoms with Gasteiger partial charge < -0.3 is 11.1 Å². The zero-order valence-electron chi connectivity index (χ0n) is 8.42. The molecule has 7 heteroatoms. The Balaban J connectivity index is 2.31. The van der Waals surface area contributed by atoms with Crippen LogP contribution in [0.4, 0.5) is 21.8 Å². The molecular weight excluding hydrogens is 266 g/mol. The summed E-state index contributed by atoms with van der Waals surface area (Å²) in [5.74, 6) is -0.177. The van der Waals surface area contributed by atoms with E-state index in [9.17, 15) is 4.39 Å². The van der Waals surface area contributed by atoms with Gasteiger partial charge in [0.15, 0.2) is 0 Å². The number of halogens is 3. The zero-order chi connectivity index (χ0) is 12.4. The Hall–Kier alpha value is -1.59. The molecule has 1 aromatic carbocycles. The average Bonchev–Trinajstić information content (AvgIpc) is 2.21. The second-order valence-corrected chi connectivity index (χ2v) is 4.01. The number of benzene rings is 1. The molecule has 0 saturated carbocycles. The summed E-state index contributed by atoms with van der Waals surface area (Å²) in [7, 11) is 0. The van der Waals surface area contributed by atoms with Crippen LogP contribution < -0.4 is 11.1 Å². The van der Waals surface area contributed by atoms with Crippen molar-refractivity contribution in [3.8, 4) is 0 Å². The van der Waals surface area contributed by atoms with Crippen molar-refractivity contribution >= 4 is 40.7 Å². The van der Waals surface area contributed by atoms with E-state index in [1.807, 2.05) is 0 Å². The number of nitrogens with zero attached hydrogens (tertiary/aromatic N) is 2. The van der Waals surface area contributed by atoms with Gasteiger partial charge in [-0.2, -0.15) is 4.98 Å². The van der Waals surface area contributed by atoms with E-state index in [0.29, 0.717) is 10.8 Å². The van der Waals surface area contributed by atoms with E-state index in [0.717, 1.165) is 0 Å². The predicted molar refractivity (Wildman–Crippen MR) is 66.1 cm³/mol. The van der Waals surface area contributed by atoms with Gasteiger partial charge in [0.2, 0.25) is 5.95 Å². The largest absolute Gasteiger partial charge is 0.368 e. The number of hydrogen-bond donors (Lipinski definition) is 2. The standard InChI is InChI=1S/C10H7Cl2FN4/c11-5-1-2-7(6(13)3-5)15-9-4-8(12)16-10(14)17-9/h1-4H,(H3,14,15,16,17).